The summed E-state index contributed by atoms with van der Waals surface area (Å²) in [6.45, 7) is -1.28. The number of carbonyl (C=O) groups is 1. The van der Waals surface area contributed by atoms with Crippen molar-refractivity contribution in [3.05, 3.63) is 23.8 Å². The molecule has 0 radical (unpaired) electrons. The van der Waals surface area contributed by atoms with Gasteiger partial charge in [-0.2, -0.15) is 8.78 Å². The fourth-order valence-corrected chi connectivity index (χ4v) is 1.69. The maximum absolute atomic E-state index is 12.0. The molecule has 0 aliphatic heterocycles. The van der Waals surface area contributed by atoms with Gasteiger partial charge in [0.25, 0.3) is 0 Å². The van der Waals surface area contributed by atoms with Crippen LogP contribution in [0, 0.1) is 0 Å². The minimum atomic E-state index is -2.93. The second kappa shape index (κ2) is 5.63. The minimum Gasteiger partial charge on any atom is -0.434 e. The van der Waals surface area contributed by atoms with Crippen LogP contribution >= 0.6 is 28.6 Å². The van der Waals surface area contributed by atoms with Crippen LogP contribution in [0.15, 0.2) is 23.1 Å². The van der Waals surface area contributed by atoms with Gasteiger partial charge in [0.05, 0.1) is 9.72 Å². The molecule has 1 unspecified atom stereocenters. The Morgan fingerprint density at radius 3 is 2.62 bits per heavy atom. The van der Waals surface area contributed by atoms with E-state index in [0.29, 0.717) is 0 Å². The van der Waals surface area contributed by atoms with Crippen LogP contribution in [-0.4, -0.2) is 17.2 Å². The van der Waals surface area contributed by atoms with E-state index in [0.717, 1.165) is 0 Å². The Hall–Kier alpha value is -0.620. The molecule has 0 N–H and O–H groups in total. The zero-order chi connectivity index (χ0) is 12.3. The molecular formula is C10H9BrF2O2S. The lowest BCUT2D eigenvalue weighted by Gasteiger charge is -2.11. The SMILES string of the molecule is CC(Br)C(=O)c1cccc(OC(F)F)c1S. The lowest BCUT2D eigenvalue weighted by atomic mass is 10.1. The summed E-state index contributed by atoms with van der Waals surface area (Å²) >= 11 is 7.13. The quantitative estimate of drug-likeness (QED) is 0.523. The topological polar surface area (TPSA) is 26.3 Å². The molecule has 1 atom stereocenters. The second-order valence-electron chi connectivity index (χ2n) is 3.01. The molecule has 88 valence electrons. The zero-order valence-electron chi connectivity index (χ0n) is 8.28. The summed E-state index contributed by atoms with van der Waals surface area (Å²) in [6.07, 6.45) is 0. The Balaban J connectivity index is 3.08. The Labute approximate surface area is 106 Å². The summed E-state index contributed by atoms with van der Waals surface area (Å²) in [5.41, 5.74) is 0.255. The van der Waals surface area contributed by atoms with Crippen molar-refractivity contribution in [3.63, 3.8) is 0 Å². The van der Waals surface area contributed by atoms with Gasteiger partial charge in [-0.05, 0) is 19.1 Å². The molecule has 0 fully saturated rings. The van der Waals surface area contributed by atoms with Crippen LogP contribution in [0.1, 0.15) is 17.3 Å². The average molecular weight is 311 g/mol. The van der Waals surface area contributed by atoms with Crippen LogP contribution in [0.3, 0.4) is 0 Å². The number of carbonyl (C=O) groups excluding carboxylic acids is 1. The Kier molecular flexibility index (Phi) is 4.73. The van der Waals surface area contributed by atoms with Gasteiger partial charge in [0.1, 0.15) is 5.75 Å². The van der Waals surface area contributed by atoms with E-state index >= 15 is 0 Å². The van der Waals surface area contributed by atoms with Crippen molar-refractivity contribution >= 4 is 34.3 Å². The molecule has 0 spiro atoms. The molecule has 0 bridgehead atoms. The molecule has 0 saturated heterocycles. The van der Waals surface area contributed by atoms with Crippen LogP contribution in [-0.2, 0) is 0 Å². The van der Waals surface area contributed by atoms with Crippen molar-refractivity contribution in [2.45, 2.75) is 23.3 Å². The first-order valence-electron chi connectivity index (χ1n) is 4.38. The number of rotatable bonds is 4. The highest BCUT2D eigenvalue weighted by molar-refractivity contribution is 9.10. The predicted octanol–water partition coefficient (Wildman–Crippen LogP) is 3.54. The maximum Gasteiger partial charge on any atom is 0.387 e. The first-order chi connectivity index (χ1) is 7.43. The number of alkyl halides is 3. The van der Waals surface area contributed by atoms with E-state index in [1.807, 2.05) is 0 Å². The van der Waals surface area contributed by atoms with Crippen molar-refractivity contribution in [3.8, 4) is 5.75 Å². The molecule has 0 amide bonds. The standard InChI is InChI=1S/C10H9BrF2O2S/c1-5(11)8(14)6-3-2-4-7(9(6)16)15-10(12)13/h2-5,10,16H,1H3. The summed E-state index contributed by atoms with van der Waals surface area (Å²) in [6, 6.07) is 4.32. The van der Waals surface area contributed by atoms with Crippen LogP contribution in [0.25, 0.3) is 0 Å². The Morgan fingerprint density at radius 1 is 1.50 bits per heavy atom. The average Bonchev–Trinajstić information content (AvgIpc) is 2.19. The maximum atomic E-state index is 12.0. The zero-order valence-corrected chi connectivity index (χ0v) is 10.8. The normalized spacial score (nSPS) is 12.6. The van der Waals surface area contributed by atoms with Crippen molar-refractivity contribution in [2.24, 2.45) is 0 Å². The summed E-state index contributed by atoms with van der Waals surface area (Å²) in [5, 5.41) is 0. The van der Waals surface area contributed by atoms with Gasteiger partial charge in [-0.25, -0.2) is 0 Å². The highest BCUT2D eigenvalue weighted by atomic mass is 79.9. The molecule has 6 heteroatoms. The van der Waals surface area contributed by atoms with E-state index in [1.165, 1.54) is 18.2 Å². The third kappa shape index (κ3) is 3.18. The van der Waals surface area contributed by atoms with E-state index in [4.69, 9.17) is 0 Å². The molecule has 0 aliphatic carbocycles. The highest BCUT2D eigenvalue weighted by Crippen LogP contribution is 2.29. The van der Waals surface area contributed by atoms with E-state index < -0.39 is 11.4 Å². The Bertz CT molecular complexity index is 396. The fraction of sp³-hybridized carbons (Fsp3) is 0.300. The van der Waals surface area contributed by atoms with Crippen LogP contribution in [0.2, 0.25) is 0 Å². The smallest absolute Gasteiger partial charge is 0.387 e. The molecule has 1 aromatic rings. The Morgan fingerprint density at radius 2 is 2.12 bits per heavy atom. The molecule has 0 heterocycles. The van der Waals surface area contributed by atoms with Crippen LogP contribution < -0.4 is 4.74 Å². The molecule has 0 aromatic heterocycles. The number of thiol groups is 1. The minimum absolute atomic E-state index is 0.0997. The number of halogens is 3. The van der Waals surface area contributed by atoms with E-state index in [2.05, 4.69) is 33.3 Å². The number of ketones is 1. The van der Waals surface area contributed by atoms with E-state index in [1.54, 1.807) is 6.92 Å². The molecule has 0 aliphatic rings. The van der Waals surface area contributed by atoms with Crippen LogP contribution in [0.5, 0.6) is 5.75 Å². The predicted molar refractivity (Wildman–Crippen MR) is 63.0 cm³/mol. The third-order valence-corrected chi connectivity index (χ3v) is 2.72. The van der Waals surface area contributed by atoms with Gasteiger partial charge in [0.2, 0.25) is 0 Å². The van der Waals surface area contributed by atoms with Crippen molar-refractivity contribution in [1.82, 2.24) is 0 Å². The molecule has 1 aromatic carbocycles. The number of hydrogen-bond donors (Lipinski definition) is 1. The largest absolute Gasteiger partial charge is 0.434 e. The van der Waals surface area contributed by atoms with Crippen molar-refractivity contribution in [1.29, 1.82) is 0 Å². The lowest BCUT2D eigenvalue weighted by Crippen LogP contribution is -2.12. The van der Waals surface area contributed by atoms with Gasteiger partial charge >= 0.3 is 6.61 Å². The summed E-state index contributed by atoms with van der Waals surface area (Å²) in [5.74, 6) is -0.331. The molecule has 16 heavy (non-hydrogen) atoms. The number of Topliss-reactive ketones (excluding diaryl/α,β-unsaturated/α-hetero) is 1. The first kappa shape index (κ1) is 13.4. The molecule has 2 nitrogen and oxygen atoms in total. The second-order valence-corrected chi connectivity index (χ2v) is 4.83. The molecule has 0 saturated carbocycles. The first-order valence-corrected chi connectivity index (χ1v) is 5.75. The summed E-state index contributed by atoms with van der Waals surface area (Å²) in [4.78, 5) is 11.4. The fourth-order valence-electron chi connectivity index (χ4n) is 1.13. The lowest BCUT2D eigenvalue weighted by molar-refractivity contribution is -0.0517. The molecule has 1 rings (SSSR count). The monoisotopic (exact) mass is 310 g/mol. The molecular weight excluding hydrogens is 302 g/mol. The third-order valence-electron chi connectivity index (χ3n) is 1.84. The van der Waals surface area contributed by atoms with E-state index in [9.17, 15) is 13.6 Å². The van der Waals surface area contributed by atoms with Gasteiger partial charge in [-0.15, -0.1) is 12.6 Å². The number of ether oxygens (including phenoxy) is 1. The number of hydrogen-bond acceptors (Lipinski definition) is 3. The van der Waals surface area contributed by atoms with Gasteiger partial charge in [0, 0.05) is 5.56 Å². The van der Waals surface area contributed by atoms with Gasteiger partial charge in [-0.1, -0.05) is 22.0 Å². The van der Waals surface area contributed by atoms with Crippen LogP contribution in [0.4, 0.5) is 8.78 Å². The van der Waals surface area contributed by atoms with Crippen molar-refractivity contribution < 1.29 is 18.3 Å². The van der Waals surface area contributed by atoms with Gasteiger partial charge in [-0.3, -0.25) is 4.79 Å². The van der Waals surface area contributed by atoms with Gasteiger partial charge < -0.3 is 4.74 Å². The summed E-state index contributed by atoms with van der Waals surface area (Å²) < 4.78 is 28.3. The number of benzene rings is 1. The van der Waals surface area contributed by atoms with Gasteiger partial charge in [0.15, 0.2) is 5.78 Å². The summed E-state index contributed by atoms with van der Waals surface area (Å²) in [7, 11) is 0. The van der Waals surface area contributed by atoms with E-state index in [-0.39, 0.29) is 22.0 Å². The van der Waals surface area contributed by atoms with Crippen molar-refractivity contribution in [2.75, 3.05) is 0 Å². The highest BCUT2D eigenvalue weighted by Gasteiger charge is 2.18.